The molecule has 4 nitrogen and oxygen atoms in total. The Hall–Kier alpha value is -2.45. The second kappa shape index (κ2) is 4.54. The Kier molecular flexibility index (Phi) is 2.66. The predicted molar refractivity (Wildman–Crippen MR) is 81.9 cm³/mol. The van der Waals surface area contributed by atoms with Crippen molar-refractivity contribution in [3.63, 3.8) is 0 Å². The zero-order chi connectivity index (χ0) is 14.3. The third kappa shape index (κ3) is 1.80. The summed E-state index contributed by atoms with van der Waals surface area (Å²) in [7, 11) is 0. The van der Waals surface area contributed by atoms with E-state index in [0.29, 0.717) is 0 Å². The van der Waals surface area contributed by atoms with Crippen molar-refractivity contribution >= 4 is 28.0 Å². The highest BCUT2D eigenvalue weighted by Crippen LogP contribution is 2.43. The van der Waals surface area contributed by atoms with Crippen LogP contribution in [-0.4, -0.2) is 16.0 Å². The second-order valence-corrected chi connectivity index (χ2v) is 5.73. The van der Waals surface area contributed by atoms with Crippen LogP contribution in [0.1, 0.15) is 31.2 Å². The van der Waals surface area contributed by atoms with E-state index in [9.17, 15) is 4.79 Å². The minimum absolute atomic E-state index is 0.373. The van der Waals surface area contributed by atoms with Crippen LogP contribution < -0.4 is 0 Å². The summed E-state index contributed by atoms with van der Waals surface area (Å²) < 4.78 is 0. The number of benzene rings is 1. The van der Waals surface area contributed by atoms with E-state index in [4.69, 9.17) is 0 Å². The van der Waals surface area contributed by atoms with Crippen LogP contribution in [0.4, 0.5) is 0 Å². The monoisotopic (exact) mass is 277 g/mol. The molecule has 1 aliphatic carbocycles. The standard InChI is InChI=1S/C17H15N3O/c21-11-19-17(7-1-2-8-17)12-5-6-15-14(10-12)13-4-3-9-18-16(13)20-15/h3-6,9-10H,1-2,7-8H2,(H,18,20). The van der Waals surface area contributed by atoms with Gasteiger partial charge in [0.25, 0.3) is 0 Å². The second-order valence-electron chi connectivity index (χ2n) is 5.73. The number of nitrogens with one attached hydrogen (secondary N) is 1. The van der Waals surface area contributed by atoms with Crippen LogP contribution in [0, 0.1) is 0 Å². The highest BCUT2D eigenvalue weighted by atomic mass is 16.1. The highest BCUT2D eigenvalue weighted by molar-refractivity contribution is 6.06. The SMILES string of the molecule is O=C=NC1(c2ccc3[nH]c4ncccc4c3c2)CCCC1. The molecule has 0 saturated heterocycles. The predicted octanol–water partition coefficient (Wildman–Crippen LogP) is 3.82. The quantitative estimate of drug-likeness (QED) is 0.572. The van der Waals surface area contributed by atoms with Crippen LogP contribution >= 0.6 is 0 Å². The summed E-state index contributed by atoms with van der Waals surface area (Å²) in [5.41, 5.74) is 2.70. The molecule has 1 aromatic carbocycles. The third-order valence-electron chi connectivity index (χ3n) is 4.60. The van der Waals surface area contributed by atoms with E-state index in [1.165, 1.54) is 0 Å². The zero-order valence-electron chi connectivity index (χ0n) is 11.6. The molecule has 104 valence electrons. The van der Waals surface area contributed by atoms with E-state index >= 15 is 0 Å². The van der Waals surface area contributed by atoms with Crippen LogP contribution in [0.3, 0.4) is 0 Å². The minimum atomic E-state index is -0.373. The maximum Gasteiger partial charge on any atom is 0.235 e. The van der Waals surface area contributed by atoms with Gasteiger partial charge in [0.2, 0.25) is 6.08 Å². The highest BCUT2D eigenvalue weighted by Gasteiger charge is 2.35. The van der Waals surface area contributed by atoms with Gasteiger partial charge < -0.3 is 4.98 Å². The van der Waals surface area contributed by atoms with Crippen LogP contribution in [0.2, 0.25) is 0 Å². The number of isocyanates is 1. The summed E-state index contributed by atoms with van der Waals surface area (Å²) in [6.45, 7) is 0. The maximum atomic E-state index is 10.9. The summed E-state index contributed by atoms with van der Waals surface area (Å²) in [5.74, 6) is 0. The lowest BCUT2D eigenvalue weighted by Gasteiger charge is -2.22. The Labute approximate surface area is 121 Å². The number of nitrogens with zero attached hydrogens (tertiary/aromatic N) is 2. The molecule has 1 aliphatic rings. The van der Waals surface area contributed by atoms with Crippen molar-refractivity contribution in [3.8, 4) is 0 Å². The Morgan fingerprint density at radius 2 is 2.05 bits per heavy atom. The fraction of sp³-hybridized carbons (Fsp3) is 0.294. The van der Waals surface area contributed by atoms with Gasteiger partial charge in [-0.1, -0.05) is 18.9 Å². The summed E-state index contributed by atoms with van der Waals surface area (Å²) in [5, 5.41) is 2.25. The first-order valence-corrected chi connectivity index (χ1v) is 7.28. The number of aromatic amines is 1. The molecule has 0 unspecified atom stereocenters. The molecule has 0 amide bonds. The number of hydrogen-bond donors (Lipinski definition) is 1. The van der Waals surface area contributed by atoms with Gasteiger partial charge in [0.1, 0.15) is 5.65 Å². The summed E-state index contributed by atoms with van der Waals surface area (Å²) in [4.78, 5) is 22.7. The van der Waals surface area contributed by atoms with Crippen molar-refractivity contribution in [2.75, 3.05) is 0 Å². The molecule has 21 heavy (non-hydrogen) atoms. The van der Waals surface area contributed by atoms with Crippen LogP contribution in [0.25, 0.3) is 21.9 Å². The van der Waals surface area contributed by atoms with E-state index < -0.39 is 0 Å². The first-order chi connectivity index (χ1) is 10.3. The number of pyridine rings is 1. The number of aromatic nitrogens is 2. The molecule has 4 heteroatoms. The molecule has 1 fully saturated rings. The van der Waals surface area contributed by atoms with Crippen molar-refractivity contribution in [2.24, 2.45) is 4.99 Å². The number of rotatable bonds is 2. The third-order valence-corrected chi connectivity index (χ3v) is 4.60. The van der Waals surface area contributed by atoms with Crippen molar-refractivity contribution in [1.82, 2.24) is 9.97 Å². The molecule has 0 atom stereocenters. The van der Waals surface area contributed by atoms with Gasteiger partial charge in [0.15, 0.2) is 0 Å². The maximum absolute atomic E-state index is 10.9. The molecule has 0 radical (unpaired) electrons. The first kappa shape index (κ1) is 12.3. The Morgan fingerprint density at radius 1 is 1.19 bits per heavy atom. The smallest absolute Gasteiger partial charge is 0.235 e. The number of carbonyl (C=O) groups excluding carboxylic acids is 1. The van der Waals surface area contributed by atoms with Gasteiger partial charge in [-0.3, -0.25) is 0 Å². The molecule has 3 aromatic rings. The Morgan fingerprint density at radius 3 is 2.86 bits per heavy atom. The summed E-state index contributed by atoms with van der Waals surface area (Å²) in [6, 6.07) is 10.3. The van der Waals surface area contributed by atoms with E-state index in [0.717, 1.165) is 53.2 Å². The van der Waals surface area contributed by atoms with Gasteiger partial charge in [-0.15, -0.1) is 0 Å². The average molecular weight is 277 g/mol. The molecule has 1 saturated carbocycles. The fourth-order valence-corrected chi connectivity index (χ4v) is 3.53. The van der Waals surface area contributed by atoms with Crippen LogP contribution in [-0.2, 0) is 10.3 Å². The Bertz CT molecular complexity index is 868. The molecule has 2 aromatic heterocycles. The molecule has 1 N–H and O–H groups in total. The van der Waals surface area contributed by atoms with Gasteiger partial charge in [-0.2, -0.15) is 4.99 Å². The molecule has 2 heterocycles. The normalized spacial score (nSPS) is 17.1. The van der Waals surface area contributed by atoms with Crippen LogP contribution in [0.5, 0.6) is 0 Å². The number of aliphatic imine (C=N–C) groups is 1. The topological polar surface area (TPSA) is 58.1 Å². The van der Waals surface area contributed by atoms with Gasteiger partial charge >= 0.3 is 0 Å². The molecule has 4 rings (SSSR count). The number of hydrogen-bond acceptors (Lipinski definition) is 3. The van der Waals surface area contributed by atoms with Gasteiger partial charge in [-0.05, 0) is 42.7 Å². The van der Waals surface area contributed by atoms with Crippen molar-refractivity contribution < 1.29 is 4.79 Å². The van der Waals surface area contributed by atoms with E-state index in [1.54, 1.807) is 12.3 Å². The lowest BCUT2D eigenvalue weighted by atomic mass is 9.88. The van der Waals surface area contributed by atoms with Crippen molar-refractivity contribution in [1.29, 1.82) is 0 Å². The van der Waals surface area contributed by atoms with E-state index in [2.05, 4.69) is 39.2 Å². The lowest BCUT2D eigenvalue weighted by Crippen LogP contribution is -2.18. The van der Waals surface area contributed by atoms with Gasteiger partial charge in [0.05, 0.1) is 5.54 Å². The molecule has 0 aliphatic heterocycles. The van der Waals surface area contributed by atoms with Gasteiger partial charge in [-0.25, -0.2) is 9.78 Å². The first-order valence-electron chi connectivity index (χ1n) is 7.28. The molecular weight excluding hydrogens is 262 g/mol. The molecule has 0 spiro atoms. The lowest BCUT2D eigenvalue weighted by molar-refractivity contribution is 0.456. The van der Waals surface area contributed by atoms with E-state index in [-0.39, 0.29) is 5.54 Å². The Balaban J connectivity index is 1.97. The summed E-state index contributed by atoms with van der Waals surface area (Å²) in [6.07, 6.45) is 7.64. The number of fused-ring (bicyclic) bond motifs is 3. The van der Waals surface area contributed by atoms with Crippen LogP contribution in [0.15, 0.2) is 41.5 Å². The summed E-state index contributed by atoms with van der Waals surface area (Å²) >= 11 is 0. The zero-order valence-corrected chi connectivity index (χ0v) is 11.6. The fourth-order valence-electron chi connectivity index (χ4n) is 3.53. The van der Waals surface area contributed by atoms with Crippen molar-refractivity contribution in [2.45, 2.75) is 31.2 Å². The van der Waals surface area contributed by atoms with Crippen molar-refractivity contribution in [3.05, 3.63) is 42.1 Å². The molecular formula is C17H15N3O. The van der Waals surface area contributed by atoms with Gasteiger partial charge in [0, 0.05) is 22.5 Å². The largest absolute Gasteiger partial charge is 0.339 e. The average Bonchev–Trinajstić information content (AvgIpc) is 3.12. The number of H-pyrrole nitrogens is 1. The minimum Gasteiger partial charge on any atom is -0.339 e. The molecule has 0 bridgehead atoms. The van der Waals surface area contributed by atoms with E-state index in [1.807, 2.05) is 6.07 Å².